The Hall–Kier alpha value is -4.87. The van der Waals surface area contributed by atoms with Crippen LogP contribution >= 0.6 is 11.6 Å². The number of nitrogens with one attached hydrogen (secondary N) is 2. The highest BCUT2D eigenvalue weighted by molar-refractivity contribution is 7.92. The van der Waals surface area contributed by atoms with Crippen LogP contribution in [0.5, 0.6) is 11.5 Å². The first-order valence-electron chi connectivity index (χ1n) is 12.6. The van der Waals surface area contributed by atoms with Gasteiger partial charge in [-0.15, -0.1) is 0 Å². The van der Waals surface area contributed by atoms with Gasteiger partial charge in [0.15, 0.2) is 6.61 Å². The number of hydrazone groups is 1. The Morgan fingerprint density at radius 1 is 0.905 bits per heavy atom. The van der Waals surface area contributed by atoms with Gasteiger partial charge in [-0.2, -0.15) is 5.10 Å². The van der Waals surface area contributed by atoms with Crippen molar-refractivity contribution in [1.82, 2.24) is 5.43 Å². The molecular formula is C30H27ClN4O6S. The van der Waals surface area contributed by atoms with Gasteiger partial charge in [0.2, 0.25) is 0 Å². The van der Waals surface area contributed by atoms with E-state index < -0.39 is 22.5 Å². The third-order valence-electron chi connectivity index (χ3n) is 5.73. The molecule has 4 aromatic carbocycles. The van der Waals surface area contributed by atoms with Gasteiger partial charge in [0.1, 0.15) is 18.0 Å². The molecule has 0 aromatic heterocycles. The third kappa shape index (κ3) is 8.09. The number of rotatable bonds is 12. The first kappa shape index (κ1) is 30.1. The molecule has 0 bridgehead atoms. The fourth-order valence-corrected chi connectivity index (χ4v) is 5.40. The van der Waals surface area contributed by atoms with Crippen LogP contribution in [0.15, 0.2) is 113 Å². The van der Waals surface area contributed by atoms with Crippen molar-refractivity contribution in [2.75, 3.05) is 29.9 Å². The minimum Gasteiger partial charge on any atom is -0.495 e. The minimum atomic E-state index is -4.10. The van der Waals surface area contributed by atoms with Crippen LogP contribution in [-0.2, 0) is 19.6 Å². The number of carbonyl (C=O) groups is 2. The van der Waals surface area contributed by atoms with Crippen molar-refractivity contribution in [2.24, 2.45) is 5.10 Å². The van der Waals surface area contributed by atoms with Crippen LogP contribution < -0.4 is 24.5 Å². The van der Waals surface area contributed by atoms with Crippen LogP contribution in [0.25, 0.3) is 0 Å². The topological polar surface area (TPSA) is 126 Å². The number of sulfonamides is 1. The van der Waals surface area contributed by atoms with E-state index in [1.807, 2.05) is 0 Å². The zero-order valence-corrected chi connectivity index (χ0v) is 24.0. The van der Waals surface area contributed by atoms with Crippen molar-refractivity contribution in [3.8, 4) is 11.5 Å². The normalized spacial score (nSPS) is 11.1. The number of hydrogen-bond acceptors (Lipinski definition) is 7. The smallest absolute Gasteiger partial charge is 0.264 e. The summed E-state index contributed by atoms with van der Waals surface area (Å²) in [5.41, 5.74) is 3.76. The Kier molecular flexibility index (Phi) is 10.1. The number of ether oxygens (including phenoxy) is 2. The molecule has 4 aromatic rings. The Morgan fingerprint density at radius 3 is 2.33 bits per heavy atom. The van der Waals surface area contributed by atoms with E-state index in [9.17, 15) is 18.0 Å². The molecule has 0 unspecified atom stereocenters. The van der Waals surface area contributed by atoms with Crippen molar-refractivity contribution < 1.29 is 27.5 Å². The maximum Gasteiger partial charge on any atom is 0.264 e. The number of amides is 2. The van der Waals surface area contributed by atoms with Crippen LogP contribution in [-0.4, -0.2) is 46.7 Å². The van der Waals surface area contributed by atoms with Gasteiger partial charge in [0, 0.05) is 10.7 Å². The molecule has 0 fully saturated rings. The predicted molar refractivity (Wildman–Crippen MR) is 162 cm³/mol. The second kappa shape index (κ2) is 14.2. The Balaban J connectivity index is 1.36. The van der Waals surface area contributed by atoms with Gasteiger partial charge in [0.05, 0.1) is 23.9 Å². The fraction of sp³-hybridized carbons (Fsp3) is 0.100. The first-order chi connectivity index (χ1) is 20.3. The highest BCUT2D eigenvalue weighted by Gasteiger charge is 2.29. The van der Waals surface area contributed by atoms with E-state index in [0.29, 0.717) is 22.0 Å². The molecule has 0 atom stereocenters. The molecule has 12 heteroatoms. The molecule has 0 aliphatic heterocycles. The van der Waals surface area contributed by atoms with E-state index >= 15 is 0 Å². The molecule has 42 heavy (non-hydrogen) atoms. The van der Waals surface area contributed by atoms with Gasteiger partial charge in [-0.1, -0.05) is 48.0 Å². The zero-order chi connectivity index (χ0) is 30.0. The van der Waals surface area contributed by atoms with Gasteiger partial charge in [-0.25, -0.2) is 13.8 Å². The van der Waals surface area contributed by atoms with Crippen molar-refractivity contribution in [2.45, 2.75) is 4.90 Å². The van der Waals surface area contributed by atoms with E-state index in [1.165, 1.54) is 25.5 Å². The van der Waals surface area contributed by atoms with Crippen LogP contribution in [0.4, 0.5) is 11.4 Å². The lowest BCUT2D eigenvalue weighted by molar-refractivity contribution is -0.119. The molecule has 0 spiro atoms. The molecule has 0 aliphatic carbocycles. The number of methoxy groups -OCH3 is 1. The molecule has 216 valence electrons. The number of hydrogen-bond donors (Lipinski definition) is 2. The quantitative estimate of drug-likeness (QED) is 0.178. The van der Waals surface area contributed by atoms with Gasteiger partial charge in [-0.05, 0) is 72.3 Å². The summed E-state index contributed by atoms with van der Waals surface area (Å²) in [6, 6.07) is 27.8. The number of anilines is 2. The maximum atomic E-state index is 13.5. The van der Waals surface area contributed by atoms with Gasteiger partial charge in [0.25, 0.3) is 21.8 Å². The van der Waals surface area contributed by atoms with Crippen LogP contribution in [0.3, 0.4) is 0 Å². The number of nitrogens with zero attached hydrogens (tertiary/aromatic N) is 2. The van der Waals surface area contributed by atoms with Crippen molar-refractivity contribution in [1.29, 1.82) is 0 Å². The van der Waals surface area contributed by atoms with Gasteiger partial charge < -0.3 is 14.8 Å². The maximum absolute atomic E-state index is 13.5. The largest absolute Gasteiger partial charge is 0.495 e. The molecule has 10 nitrogen and oxygen atoms in total. The van der Waals surface area contributed by atoms with Gasteiger partial charge in [-0.3, -0.25) is 13.9 Å². The average molecular weight is 607 g/mol. The van der Waals surface area contributed by atoms with E-state index in [4.69, 9.17) is 21.1 Å². The molecule has 4 rings (SSSR count). The molecule has 2 amide bonds. The number of para-hydroxylation sites is 2. The Morgan fingerprint density at radius 2 is 1.62 bits per heavy atom. The second-order valence-corrected chi connectivity index (χ2v) is 11.0. The summed E-state index contributed by atoms with van der Waals surface area (Å²) in [4.78, 5) is 25.0. The van der Waals surface area contributed by atoms with Crippen LogP contribution in [0.2, 0.25) is 5.02 Å². The van der Waals surface area contributed by atoms with E-state index in [-0.39, 0.29) is 28.8 Å². The standard InChI is InChI=1S/C30H27ClN4O6S/c1-40-28-13-6-5-12-27(28)35(42(38,39)26-10-3-2-4-11-26)20-29(36)34-32-19-22-14-16-25(17-15-22)41-21-30(37)33-24-9-7-8-23(31)18-24/h2-19H,20-21H2,1H3,(H,33,37)(H,34,36)/b32-19-. The molecule has 0 radical (unpaired) electrons. The summed E-state index contributed by atoms with van der Waals surface area (Å²) in [5, 5.41) is 7.15. The minimum absolute atomic E-state index is 0.0245. The van der Waals surface area contributed by atoms with E-state index in [2.05, 4.69) is 15.8 Å². The summed E-state index contributed by atoms with van der Waals surface area (Å²) in [6.07, 6.45) is 1.40. The third-order valence-corrected chi connectivity index (χ3v) is 7.74. The molecule has 2 N–H and O–H groups in total. The van der Waals surface area contributed by atoms with Crippen LogP contribution in [0, 0.1) is 0 Å². The number of halogens is 1. The summed E-state index contributed by atoms with van der Waals surface area (Å²) in [7, 11) is -2.68. The summed E-state index contributed by atoms with van der Waals surface area (Å²) < 4.78 is 38.8. The number of benzene rings is 4. The highest BCUT2D eigenvalue weighted by Crippen LogP contribution is 2.32. The van der Waals surface area contributed by atoms with E-state index in [1.54, 1.807) is 91.0 Å². The average Bonchev–Trinajstić information content (AvgIpc) is 3.00. The Bertz CT molecular complexity index is 1660. The highest BCUT2D eigenvalue weighted by atomic mass is 35.5. The first-order valence-corrected chi connectivity index (χ1v) is 14.4. The van der Waals surface area contributed by atoms with Crippen molar-refractivity contribution in [3.05, 3.63) is 114 Å². The van der Waals surface area contributed by atoms with Crippen molar-refractivity contribution in [3.63, 3.8) is 0 Å². The van der Waals surface area contributed by atoms with Crippen molar-refractivity contribution >= 4 is 51.0 Å². The molecule has 0 saturated heterocycles. The molecular weight excluding hydrogens is 580 g/mol. The zero-order valence-electron chi connectivity index (χ0n) is 22.4. The molecule has 0 heterocycles. The predicted octanol–water partition coefficient (Wildman–Crippen LogP) is 4.71. The number of carbonyl (C=O) groups excluding carboxylic acids is 2. The lowest BCUT2D eigenvalue weighted by Crippen LogP contribution is -2.39. The van der Waals surface area contributed by atoms with Crippen LogP contribution in [0.1, 0.15) is 5.56 Å². The van der Waals surface area contributed by atoms with E-state index in [0.717, 1.165) is 4.31 Å². The fourth-order valence-electron chi connectivity index (χ4n) is 3.76. The monoisotopic (exact) mass is 606 g/mol. The summed E-state index contributed by atoms with van der Waals surface area (Å²) in [5.74, 6) is -0.266. The molecule has 0 saturated carbocycles. The molecule has 0 aliphatic rings. The summed E-state index contributed by atoms with van der Waals surface area (Å²) in [6.45, 7) is -0.746. The lowest BCUT2D eigenvalue weighted by Gasteiger charge is -2.25. The second-order valence-electron chi connectivity index (χ2n) is 8.71. The lowest BCUT2D eigenvalue weighted by atomic mass is 10.2. The van der Waals surface area contributed by atoms with Gasteiger partial charge >= 0.3 is 0 Å². The Labute approximate surface area is 248 Å². The summed E-state index contributed by atoms with van der Waals surface area (Å²) >= 11 is 5.92. The SMILES string of the molecule is COc1ccccc1N(CC(=O)N/N=C\c1ccc(OCC(=O)Nc2cccc(Cl)c2)cc1)S(=O)(=O)c1ccccc1.